The highest BCUT2D eigenvalue weighted by Crippen LogP contribution is 2.37. The van der Waals surface area contributed by atoms with Gasteiger partial charge in [-0.3, -0.25) is 4.79 Å². The second-order valence-electron chi connectivity index (χ2n) is 5.28. The Morgan fingerprint density at radius 3 is 2.81 bits per heavy atom. The van der Waals surface area contributed by atoms with Crippen molar-refractivity contribution >= 4 is 24.0 Å². The number of piperidine rings is 1. The van der Waals surface area contributed by atoms with Crippen molar-refractivity contribution in [3.05, 3.63) is 18.2 Å². The van der Waals surface area contributed by atoms with Crippen LogP contribution in [0.2, 0.25) is 0 Å². The molecular formula is C15H21ClN2O3. The first-order valence-corrected chi connectivity index (χ1v) is 7.22. The lowest BCUT2D eigenvalue weighted by Gasteiger charge is -2.23. The van der Waals surface area contributed by atoms with Crippen LogP contribution in [0.25, 0.3) is 0 Å². The lowest BCUT2D eigenvalue weighted by molar-refractivity contribution is -0.117. The van der Waals surface area contributed by atoms with E-state index in [-0.39, 0.29) is 18.3 Å². The number of nitrogens with one attached hydrogen (secondary N) is 2. The zero-order valence-electron chi connectivity index (χ0n) is 11.9. The summed E-state index contributed by atoms with van der Waals surface area (Å²) < 4.78 is 11.1. The van der Waals surface area contributed by atoms with E-state index in [0.717, 1.165) is 25.9 Å². The van der Waals surface area contributed by atoms with Crippen molar-refractivity contribution in [3.63, 3.8) is 0 Å². The molecule has 1 aromatic rings. The molecule has 2 aliphatic rings. The van der Waals surface area contributed by atoms with E-state index < -0.39 is 0 Å². The van der Waals surface area contributed by atoms with E-state index in [2.05, 4.69) is 10.6 Å². The minimum absolute atomic E-state index is 0. The van der Waals surface area contributed by atoms with E-state index in [1.54, 1.807) is 0 Å². The Hall–Kier alpha value is -1.46. The van der Waals surface area contributed by atoms with Crippen molar-refractivity contribution in [1.29, 1.82) is 0 Å². The molecule has 1 aromatic carbocycles. The summed E-state index contributed by atoms with van der Waals surface area (Å²) in [5.41, 5.74) is 0.709. The number of anilines is 1. The van der Waals surface area contributed by atoms with E-state index in [1.807, 2.05) is 18.2 Å². The van der Waals surface area contributed by atoms with Crippen molar-refractivity contribution in [2.45, 2.75) is 19.3 Å². The molecule has 0 radical (unpaired) electrons. The first-order valence-electron chi connectivity index (χ1n) is 7.22. The summed E-state index contributed by atoms with van der Waals surface area (Å²) in [5.74, 6) is 1.89. The Labute approximate surface area is 130 Å². The maximum Gasteiger partial charge on any atom is 0.224 e. The number of ether oxygens (including phenoxy) is 2. The lowest BCUT2D eigenvalue weighted by atomic mass is 9.94. The fraction of sp³-hybridized carbons (Fsp3) is 0.533. The van der Waals surface area contributed by atoms with Gasteiger partial charge < -0.3 is 20.1 Å². The Balaban J connectivity index is 0.00000161. The number of fused-ring (bicyclic) bond motifs is 1. The number of benzene rings is 1. The molecule has 0 bridgehead atoms. The van der Waals surface area contributed by atoms with Crippen molar-refractivity contribution in [3.8, 4) is 11.5 Å². The second-order valence-corrected chi connectivity index (χ2v) is 5.28. The van der Waals surface area contributed by atoms with Crippen molar-refractivity contribution in [2.75, 3.05) is 31.6 Å². The topological polar surface area (TPSA) is 59.6 Å². The number of carbonyl (C=O) groups excluding carboxylic acids is 1. The molecule has 5 nitrogen and oxygen atoms in total. The molecule has 0 unspecified atom stereocenters. The molecule has 1 saturated heterocycles. The van der Waals surface area contributed by atoms with Crippen LogP contribution in [0.4, 0.5) is 5.69 Å². The van der Waals surface area contributed by atoms with Gasteiger partial charge in [0.05, 0.1) is 5.69 Å². The minimum atomic E-state index is 0. The van der Waals surface area contributed by atoms with Gasteiger partial charge in [-0.1, -0.05) is 6.07 Å². The Morgan fingerprint density at radius 1 is 1.24 bits per heavy atom. The van der Waals surface area contributed by atoms with E-state index in [9.17, 15) is 4.79 Å². The molecule has 116 valence electrons. The predicted octanol–water partition coefficient (Wildman–Crippen LogP) is 2.21. The number of halogens is 1. The van der Waals surface area contributed by atoms with Crippen LogP contribution in [0.5, 0.6) is 11.5 Å². The highest BCUT2D eigenvalue weighted by molar-refractivity contribution is 5.93. The number of rotatable bonds is 3. The molecule has 6 heteroatoms. The summed E-state index contributed by atoms with van der Waals surface area (Å²) >= 11 is 0. The van der Waals surface area contributed by atoms with Gasteiger partial charge in [0.15, 0.2) is 11.5 Å². The summed E-state index contributed by atoms with van der Waals surface area (Å²) in [6.07, 6.45) is 2.71. The standard InChI is InChI=1S/C15H20N2O3.ClH/c18-14(10-11-4-6-16-7-5-11)17-12-2-1-3-13-15(12)20-9-8-19-13;/h1-3,11,16H,4-10H2,(H,17,18);1H. The smallest absolute Gasteiger partial charge is 0.224 e. The van der Waals surface area contributed by atoms with Crippen molar-refractivity contribution < 1.29 is 14.3 Å². The number of carbonyl (C=O) groups is 1. The van der Waals surface area contributed by atoms with Gasteiger partial charge in [-0.15, -0.1) is 12.4 Å². The van der Waals surface area contributed by atoms with E-state index >= 15 is 0 Å². The minimum Gasteiger partial charge on any atom is -0.486 e. The van der Waals surface area contributed by atoms with E-state index in [4.69, 9.17) is 9.47 Å². The highest BCUT2D eigenvalue weighted by Gasteiger charge is 2.20. The highest BCUT2D eigenvalue weighted by atomic mass is 35.5. The molecule has 3 rings (SSSR count). The zero-order valence-corrected chi connectivity index (χ0v) is 12.7. The first-order chi connectivity index (χ1) is 9.83. The molecule has 2 aliphatic heterocycles. The molecular weight excluding hydrogens is 292 g/mol. The normalized spacial score (nSPS) is 17.7. The molecule has 0 atom stereocenters. The largest absolute Gasteiger partial charge is 0.486 e. The average molecular weight is 313 g/mol. The molecule has 2 heterocycles. The Bertz CT molecular complexity index is 490. The first kappa shape index (κ1) is 15.9. The van der Waals surface area contributed by atoms with Crippen LogP contribution < -0.4 is 20.1 Å². The SMILES string of the molecule is Cl.O=C(CC1CCNCC1)Nc1cccc2c1OCCO2. The molecule has 1 fully saturated rings. The fourth-order valence-corrected chi connectivity index (χ4v) is 2.72. The second kappa shape index (κ2) is 7.52. The van der Waals surface area contributed by atoms with Crippen LogP contribution >= 0.6 is 12.4 Å². The molecule has 1 amide bonds. The Kier molecular flexibility index (Phi) is 5.70. The third-order valence-corrected chi connectivity index (χ3v) is 3.77. The van der Waals surface area contributed by atoms with Crippen LogP contribution in [0, 0.1) is 5.92 Å². The molecule has 0 aromatic heterocycles. The third kappa shape index (κ3) is 4.02. The summed E-state index contributed by atoms with van der Waals surface area (Å²) in [6, 6.07) is 5.58. The van der Waals surface area contributed by atoms with Gasteiger partial charge in [0, 0.05) is 6.42 Å². The molecule has 0 spiro atoms. The number of hydrogen-bond donors (Lipinski definition) is 2. The van der Waals surface area contributed by atoms with Gasteiger partial charge >= 0.3 is 0 Å². The Morgan fingerprint density at radius 2 is 2.00 bits per heavy atom. The predicted molar refractivity (Wildman–Crippen MR) is 83.5 cm³/mol. The summed E-state index contributed by atoms with van der Waals surface area (Å²) in [5, 5.41) is 6.26. The number of hydrogen-bond acceptors (Lipinski definition) is 4. The van der Waals surface area contributed by atoms with Crippen LogP contribution in [-0.2, 0) is 4.79 Å². The van der Waals surface area contributed by atoms with E-state index in [1.165, 1.54) is 0 Å². The van der Waals surface area contributed by atoms with Gasteiger partial charge in [-0.05, 0) is 44.0 Å². The molecule has 21 heavy (non-hydrogen) atoms. The van der Waals surface area contributed by atoms with Crippen LogP contribution in [0.3, 0.4) is 0 Å². The number of para-hydroxylation sites is 1. The van der Waals surface area contributed by atoms with Crippen LogP contribution in [0.15, 0.2) is 18.2 Å². The monoisotopic (exact) mass is 312 g/mol. The quantitative estimate of drug-likeness (QED) is 0.898. The van der Waals surface area contributed by atoms with Gasteiger partial charge in [0.1, 0.15) is 13.2 Å². The number of amides is 1. The lowest BCUT2D eigenvalue weighted by Crippen LogP contribution is -2.30. The average Bonchev–Trinajstić information content (AvgIpc) is 2.48. The maximum atomic E-state index is 12.1. The van der Waals surface area contributed by atoms with Gasteiger partial charge in [-0.25, -0.2) is 0 Å². The summed E-state index contributed by atoms with van der Waals surface area (Å²) in [6.45, 7) is 3.10. The molecule has 0 saturated carbocycles. The van der Waals surface area contributed by atoms with Gasteiger partial charge in [0.25, 0.3) is 0 Å². The van der Waals surface area contributed by atoms with Gasteiger partial charge in [0.2, 0.25) is 5.91 Å². The zero-order chi connectivity index (χ0) is 13.8. The third-order valence-electron chi connectivity index (χ3n) is 3.77. The van der Waals surface area contributed by atoms with Crippen LogP contribution in [0.1, 0.15) is 19.3 Å². The molecule has 0 aliphatic carbocycles. The van der Waals surface area contributed by atoms with Crippen molar-refractivity contribution in [1.82, 2.24) is 5.32 Å². The molecule has 2 N–H and O–H groups in total. The van der Waals surface area contributed by atoms with Crippen LogP contribution in [-0.4, -0.2) is 32.2 Å². The summed E-state index contributed by atoms with van der Waals surface area (Å²) in [7, 11) is 0. The van der Waals surface area contributed by atoms with Gasteiger partial charge in [-0.2, -0.15) is 0 Å². The van der Waals surface area contributed by atoms with Crippen molar-refractivity contribution in [2.24, 2.45) is 5.92 Å². The maximum absolute atomic E-state index is 12.1. The summed E-state index contributed by atoms with van der Waals surface area (Å²) in [4.78, 5) is 12.1. The fourth-order valence-electron chi connectivity index (χ4n) is 2.72. The van der Waals surface area contributed by atoms with E-state index in [0.29, 0.717) is 42.7 Å².